The molecule has 5 heteroatoms. The summed E-state index contributed by atoms with van der Waals surface area (Å²) in [6.45, 7) is 3.44. The number of carbonyl (C=O) groups is 1. The van der Waals surface area contributed by atoms with E-state index in [9.17, 15) is 9.90 Å². The first-order valence-electron chi connectivity index (χ1n) is 7.96. The molecule has 2 unspecified atom stereocenters. The highest BCUT2D eigenvalue weighted by atomic mass is 32.1. The van der Waals surface area contributed by atoms with Crippen LogP contribution in [0.25, 0.3) is 0 Å². The minimum Gasteiger partial charge on any atom is -0.391 e. The van der Waals surface area contributed by atoms with Crippen LogP contribution in [0.15, 0.2) is 17.5 Å². The van der Waals surface area contributed by atoms with Gasteiger partial charge in [0.1, 0.15) is 0 Å². The third-order valence-corrected chi connectivity index (χ3v) is 5.68. The molecule has 2 atom stereocenters. The molecule has 21 heavy (non-hydrogen) atoms. The highest BCUT2D eigenvalue weighted by molar-refractivity contribution is 7.09. The van der Waals surface area contributed by atoms with Crippen LogP contribution in [0.3, 0.4) is 0 Å². The van der Waals surface area contributed by atoms with Crippen molar-refractivity contribution in [2.24, 2.45) is 0 Å². The average Bonchev–Trinajstić information content (AvgIpc) is 3.16. The van der Waals surface area contributed by atoms with E-state index in [4.69, 9.17) is 0 Å². The van der Waals surface area contributed by atoms with E-state index in [1.807, 2.05) is 11.0 Å². The zero-order valence-electron chi connectivity index (χ0n) is 12.4. The van der Waals surface area contributed by atoms with Crippen molar-refractivity contribution in [3.05, 3.63) is 22.4 Å². The van der Waals surface area contributed by atoms with E-state index >= 15 is 0 Å². The van der Waals surface area contributed by atoms with Crippen molar-refractivity contribution < 1.29 is 9.90 Å². The lowest BCUT2D eigenvalue weighted by atomic mass is 10.1. The van der Waals surface area contributed by atoms with Gasteiger partial charge in [-0.05, 0) is 37.1 Å². The summed E-state index contributed by atoms with van der Waals surface area (Å²) < 4.78 is 0. The SMILES string of the molecule is O=C(CCc1cccs1)N1CCN(C2CCCC2O)CC1. The summed E-state index contributed by atoms with van der Waals surface area (Å²) in [5.41, 5.74) is 0. The molecule has 2 fully saturated rings. The minimum atomic E-state index is -0.161. The summed E-state index contributed by atoms with van der Waals surface area (Å²) in [5.74, 6) is 0.273. The number of nitrogens with zero attached hydrogens (tertiary/aromatic N) is 2. The lowest BCUT2D eigenvalue weighted by Crippen LogP contribution is -2.53. The molecule has 1 aliphatic carbocycles. The van der Waals surface area contributed by atoms with Gasteiger partial charge in [-0.25, -0.2) is 0 Å². The third-order valence-electron chi connectivity index (χ3n) is 4.75. The van der Waals surface area contributed by atoms with Gasteiger partial charge in [0.25, 0.3) is 0 Å². The van der Waals surface area contributed by atoms with E-state index in [1.165, 1.54) is 4.88 Å². The van der Waals surface area contributed by atoms with Gasteiger partial charge in [-0.1, -0.05) is 6.07 Å². The molecular weight excluding hydrogens is 284 g/mol. The van der Waals surface area contributed by atoms with E-state index in [-0.39, 0.29) is 12.0 Å². The number of thiophene rings is 1. The number of hydrogen-bond donors (Lipinski definition) is 1. The van der Waals surface area contributed by atoms with Crippen molar-refractivity contribution in [3.63, 3.8) is 0 Å². The number of aliphatic hydroxyl groups is 1. The Balaban J connectivity index is 1.43. The molecule has 0 spiro atoms. The monoisotopic (exact) mass is 308 g/mol. The van der Waals surface area contributed by atoms with Crippen LogP contribution in [0, 0.1) is 0 Å². The molecule has 1 amide bonds. The molecule has 2 aliphatic rings. The van der Waals surface area contributed by atoms with Crippen molar-refractivity contribution >= 4 is 17.2 Å². The second-order valence-electron chi connectivity index (χ2n) is 6.06. The summed E-state index contributed by atoms with van der Waals surface area (Å²) in [5, 5.41) is 12.0. The number of amides is 1. The molecule has 0 aromatic carbocycles. The van der Waals surface area contributed by atoms with Gasteiger partial charge in [-0.2, -0.15) is 0 Å². The van der Waals surface area contributed by atoms with Crippen LogP contribution in [0.1, 0.15) is 30.6 Å². The van der Waals surface area contributed by atoms with E-state index in [2.05, 4.69) is 16.3 Å². The van der Waals surface area contributed by atoms with Crippen molar-refractivity contribution in [2.45, 2.75) is 44.2 Å². The molecular formula is C16H24N2O2S. The average molecular weight is 308 g/mol. The van der Waals surface area contributed by atoms with Crippen LogP contribution in [0.2, 0.25) is 0 Å². The summed E-state index contributed by atoms with van der Waals surface area (Å²) in [6.07, 6.45) is 4.49. The summed E-state index contributed by atoms with van der Waals surface area (Å²) in [7, 11) is 0. The number of aliphatic hydroxyl groups excluding tert-OH is 1. The molecule has 1 saturated carbocycles. The highest BCUT2D eigenvalue weighted by Gasteiger charge is 2.33. The van der Waals surface area contributed by atoms with Crippen LogP contribution in [0.4, 0.5) is 0 Å². The third kappa shape index (κ3) is 3.65. The lowest BCUT2D eigenvalue weighted by Gasteiger charge is -2.39. The Labute approximate surface area is 130 Å². The quantitative estimate of drug-likeness (QED) is 0.921. The first kappa shape index (κ1) is 15.0. The van der Waals surface area contributed by atoms with Gasteiger partial charge in [0.2, 0.25) is 5.91 Å². The van der Waals surface area contributed by atoms with Crippen LogP contribution < -0.4 is 0 Å². The molecule has 4 nitrogen and oxygen atoms in total. The van der Waals surface area contributed by atoms with Gasteiger partial charge in [0.05, 0.1) is 6.10 Å². The molecule has 1 aromatic rings. The summed E-state index contributed by atoms with van der Waals surface area (Å²) >= 11 is 1.72. The largest absolute Gasteiger partial charge is 0.391 e. The standard InChI is InChI=1S/C16H24N2O2S/c19-15-5-1-4-14(15)17-8-10-18(11-9-17)16(20)7-6-13-3-2-12-21-13/h2-3,12,14-15,19H,1,4-11H2. The predicted octanol–water partition coefficient (Wildman–Crippen LogP) is 1.74. The van der Waals surface area contributed by atoms with Gasteiger partial charge >= 0.3 is 0 Å². The van der Waals surface area contributed by atoms with Crippen molar-refractivity contribution in [3.8, 4) is 0 Å². The Bertz CT molecular complexity index is 455. The van der Waals surface area contributed by atoms with E-state index in [1.54, 1.807) is 11.3 Å². The fourth-order valence-corrected chi connectivity index (χ4v) is 4.20. The maximum Gasteiger partial charge on any atom is 0.223 e. The van der Waals surface area contributed by atoms with E-state index < -0.39 is 0 Å². The van der Waals surface area contributed by atoms with Gasteiger partial charge in [-0.15, -0.1) is 11.3 Å². The topological polar surface area (TPSA) is 43.8 Å². The second kappa shape index (κ2) is 6.90. The predicted molar refractivity (Wildman–Crippen MR) is 84.4 cm³/mol. The Hall–Kier alpha value is -0.910. The first-order valence-corrected chi connectivity index (χ1v) is 8.84. The fraction of sp³-hybridized carbons (Fsp3) is 0.688. The minimum absolute atomic E-state index is 0.161. The Morgan fingerprint density at radius 3 is 2.71 bits per heavy atom. The van der Waals surface area contributed by atoms with Gasteiger partial charge in [0.15, 0.2) is 0 Å². The molecule has 116 valence electrons. The number of piperazine rings is 1. The van der Waals surface area contributed by atoms with Crippen molar-refractivity contribution in [1.29, 1.82) is 0 Å². The normalized spacial score (nSPS) is 27.2. The maximum absolute atomic E-state index is 12.2. The molecule has 0 radical (unpaired) electrons. The number of carbonyl (C=O) groups excluding carboxylic acids is 1. The number of rotatable bonds is 4. The van der Waals surface area contributed by atoms with E-state index in [0.29, 0.717) is 12.5 Å². The van der Waals surface area contributed by atoms with Crippen LogP contribution in [0.5, 0.6) is 0 Å². The van der Waals surface area contributed by atoms with Crippen molar-refractivity contribution in [2.75, 3.05) is 26.2 Å². The summed E-state index contributed by atoms with van der Waals surface area (Å²) in [6, 6.07) is 4.46. The van der Waals surface area contributed by atoms with Crippen LogP contribution in [-0.4, -0.2) is 59.1 Å². The maximum atomic E-state index is 12.2. The molecule has 1 aliphatic heterocycles. The van der Waals surface area contributed by atoms with Crippen molar-refractivity contribution in [1.82, 2.24) is 9.80 Å². The Morgan fingerprint density at radius 2 is 2.10 bits per heavy atom. The first-order chi connectivity index (χ1) is 10.2. The molecule has 3 rings (SSSR count). The smallest absolute Gasteiger partial charge is 0.223 e. The second-order valence-corrected chi connectivity index (χ2v) is 7.09. The summed E-state index contributed by atoms with van der Waals surface area (Å²) in [4.78, 5) is 17.9. The van der Waals surface area contributed by atoms with E-state index in [0.717, 1.165) is 51.9 Å². The van der Waals surface area contributed by atoms with Gasteiger partial charge in [-0.3, -0.25) is 9.69 Å². The van der Waals surface area contributed by atoms with Gasteiger partial charge < -0.3 is 10.0 Å². The molecule has 2 heterocycles. The van der Waals surface area contributed by atoms with Crippen LogP contribution >= 0.6 is 11.3 Å². The molecule has 1 N–H and O–H groups in total. The fourth-order valence-electron chi connectivity index (χ4n) is 3.49. The zero-order chi connectivity index (χ0) is 14.7. The van der Waals surface area contributed by atoms with Gasteiger partial charge in [0, 0.05) is 43.5 Å². The Kier molecular flexibility index (Phi) is 4.93. The zero-order valence-corrected chi connectivity index (χ0v) is 13.2. The number of aryl methyl sites for hydroxylation is 1. The number of hydrogen-bond acceptors (Lipinski definition) is 4. The lowest BCUT2D eigenvalue weighted by molar-refractivity contribution is -0.133. The molecule has 0 bridgehead atoms. The van der Waals surface area contributed by atoms with Crippen LogP contribution in [-0.2, 0) is 11.2 Å². The Morgan fingerprint density at radius 1 is 1.29 bits per heavy atom. The molecule has 1 saturated heterocycles. The highest BCUT2D eigenvalue weighted by Crippen LogP contribution is 2.25. The molecule has 1 aromatic heterocycles.